The SMILES string of the molecule is Cc1ccc(NC(CC(C)(C)C)c2ccccc2)c(C)n1. The third-order valence-corrected chi connectivity index (χ3v) is 3.57. The molecule has 1 unspecified atom stereocenters. The molecule has 0 spiro atoms. The molecule has 0 radical (unpaired) electrons. The van der Waals surface area contributed by atoms with Crippen LogP contribution in [0.1, 0.15) is 50.2 Å². The van der Waals surface area contributed by atoms with E-state index in [2.05, 4.69) is 80.5 Å². The summed E-state index contributed by atoms with van der Waals surface area (Å²) >= 11 is 0. The van der Waals surface area contributed by atoms with Crippen molar-refractivity contribution in [2.45, 2.75) is 47.1 Å². The molecule has 1 aromatic heterocycles. The van der Waals surface area contributed by atoms with E-state index >= 15 is 0 Å². The van der Waals surface area contributed by atoms with Crippen LogP contribution >= 0.6 is 0 Å². The lowest BCUT2D eigenvalue weighted by Crippen LogP contribution is -2.19. The molecule has 2 heteroatoms. The Morgan fingerprint density at radius 3 is 2.24 bits per heavy atom. The van der Waals surface area contributed by atoms with Crippen LogP contribution in [0.3, 0.4) is 0 Å². The smallest absolute Gasteiger partial charge is 0.0607 e. The van der Waals surface area contributed by atoms with Gasteiger partial charge in [-0.1, -0.05) is 51.1 Å². The first-order valence-electron chi connectivity index (χ1n) is 7.61. The van der Waals surface area contributed by atoms with Crippen LogP contribution < -0.4 is 5.32 Å². The molecular formula is C19H26N2. The molecular weight excluding hydrogens is 256 g/mol. The molecule has 112 valence electrons. The lowest BCUT2D eigenvalue weighted by atomic mass is 9.85. The zero-order valence-electron chi connectivity index (χ0n) is 13.8. The average molecular weight is 282 g/mol. The van der Waals surface area contributed by atoms with Gasteiger partial charge in [0, 0.05) is 5.69 Å². The first-order valence-corrected chi connectivity index (χ1v) is 7.61. The number of hydrogen-bond acceptors (Lipinski definition) is 2. The second-order valence-electron chi connectivity index (χ2n) is 6.96. The summed E-state index contributed by atoms with van der Waals surface area (Å²) in [5, 5.41) is 3.68. The van der Waals surface area contributed by atoms with E-state index in [1.165, 1.54) is 5.56 Å². The van der Waals surface area contributed by atoms with Crippen LogP contribution in [0.5, 0.6) is 0 Å². The number of nitrogens with one attached hydrogen (secondary N) is 1. The highest BCUT2D eigenvalue weighted by atomic mass is 14.9. The molecule has 0 amide bonds. The fraction of sp³-hybridized carbons (Fsp3) is 0.421. The Morgan fingerprint density at radius 2 is 1.67 bits per heavy atom. The lowest BCUT2D eigenvalue weighted by molar-refractivity contribution is 0.352. The van der Waals surface area contributed by atoms with Crippen LogP contribution in [-0.2, 0) is 0 Å². The number of hydrogen-bond donors (Lipinski definition) is 1. The summed E-state index contributed by atoms with van der Waals surface area (Å²) in [6.45, 7) is 10.9. The van der Waals surface area contributed by atoms with Crippen molar-refractivity contribution in [1.29, 1.82) is 0 Å². The Bertz CT molecular complexity index is 582. The van der Waals surface area contributed by atoms with Crippen molar-refractivity contribution in [1.82, 2.24) is 4.98 Å². The maximum Gasteiger partial charge on any atom is 0.0607 e. The van der Waals surface area contributed by atoms with Gasteiger partial charge in [-0.25, -0.2) is 0 Å². The van der Waals surface area contributed by atoms with Crippen LogP contribution in [-0.4, -0.2) is 4.98 Å². The van der Waals surface area contributed by atoms with Crippen molar-refractivity contribution in [3.05, 3.63) is 59.4 Å². The van der Waals surface area contributed by atoms with Crippen LogP contribution in [0.25, 0.3) is 0 Å². The summed E-state index contributed by atoms with van der Waals surface area (Å²) in [7, 11) is 0. The Labute approximate surface area is 128 Å². The van der Waals surface area contributed by atoms with Gasteiger partial charge in [0.2, 0.25) is 0 Å². The lowest BCUT2D eigenvalue weighted by Gasteiger charge is -2.28. The molecule has 0 aliphatic rings. The largest absolute Gasteiger partial charge is 0.377 e. The number of anilines is 1. The second kappa shape index (κ2) is 6.30. The predicted molar refractivity (Wildman–Crippen MR) is 90.6 cm³/mol. The Kier molecular flexibility index (Phi) is 4.66. The number of benzene rings is 1. The number of aromatic nitrogens is 1. The monoisotopic (exact) mass is 282 g/mol. The van der Waals surface area contributed by atoms with E-state index < -0.39 is 0 Å². The molecule has 1 atom stereocenters. The number of rotatable bonds is 4. The summed E-state index contributed by atoms with van der Waals surface area (Å²) in [4.78, 5) is 4.55. The van der Waals surface area contributed by atoms with E-state index in [0.29, 0.717) is 6.04 Å². The highest BCUT2D eigenvalue weighted by Crippen LogP contribution is 2.32. The zero-order valence-corrected chi connectivity index (χ0v) is 13.8. The van der Waals surface area contributed by atoms with Gasteiger partial charge in [-0.15, -0.1) is 0 Å². The van der Waals surface area contributed by atoms with E-state index in [1.807, 2.05) is 6.92 Å². The topological polar surface area (TPSA) is 24.9 Å². The van der Waals surface area contributed by atoms with Crippen LogP contribution in [0, 0.1) is 19.3 Å². The minimum atomic E-state index is 0.263. The van der Waals surface area contributed by atoms with E-state index in [-0.39, 0.29) is 5.41 Å². The van der Waals surface area contributed by atoms with Crippen molar-refractivity contribution < 1.29 is 0 Å². The van der Waals surface area contributed by atoms with E-state index in [1.54, 1.807) is 0 Å². The van der Waals surface area contributed by atoms with Gasteiger partial charge in [-0.05, 0) is 43.4 Å². The zero-order chi connectivity index (χ0) is 15.5. The molecule has 2 nitrogen and oxygen atoms in total. The van der Waals surface area contributed by atoms with Gasteiger partial charge >= 0.3 is 0 Å². The fourth-order valence-corrected chi connectivity index (χ4v) is 2.58. The van der Waals surface area contributed by atoms with Gasteiger partial charge in [-0.2, -0.15) is 0 Å². The molecule has 2 aromatic rings. The minimum Gasteiger partial charge on any atom is -0.377 e. The van der Waals surface area contributed by atoms with Crippen molar-refractivity contribution in [3.8, 4) is 0 Å². The number of nitrogens with zero attached hydrogens (tertiary/aromatic N) is 1. The Morgan fingerprint density at radius 1 is 1.00 bits per heavy atom. The summed E-state index contributed by atoms with van der Waals surface area (Å²) in [6.07, 6.45) is 1.07. The number of pyridine rings is 1. The molecule has 0 fully saturated rings. The van der Waals surface area contributed by atoms with Gasteiger partial charge in [0.25, 0.3) is 0 Å². The van der Waals surface area contributed by atoms with E-state index in [9.17, 15) is 0 Å². The van der Waals surface area contributed by atoms with Crippen molar-refractivity contribution >= 4 is 5.69 Å². The normalized spacial score (nSPS) is 13.0. The first-order chi connectivity index (χ1) is 9.85. The first kappa shape index (κ1) is 15.6. The molecule has 1 heterocycles. The molecule has 1 N–H and O–H groups in total. The third kappa shape index (κ3) is 4.59. The Hall–Kier alpha value is -1.83. The third-order valence-electron chi connectivity index (χ3n) is 3.57. The van der Waals surface area contributed by atoms with Gasteiger partial charge in [-0.3, -0.25) is 4.98 Å². The van der Waals surface area contributed by atoms with Gasteiger partial charge < -0.3 is 5.32 Å². The van der Waals surface area contributed by atoms with Crippen molar-refractivity contribution in [2.24, 2.45) is 5.41 Å². The molecule has 0 aliphatic heterocycles. The standard InChI is InChI=1S/C19H26N2/c1-14-11-12-17(15(2)20-14)21-18(13-19(3,4)5)16-9-7-6-8-10-16/h6-12,18,21H,13H2,1-5H3. The molecule has 0 bridgehead atoms. The predicted octanol–water partition coefficient (Wildman–Crippen LogP) is 5.29. The number of aryl methyl sites for hydroxylation is 2. The van der Waals surface area contributed by atoms with Gasteiger partial charge in [0.15, 0.2) is 0 Å². The summed E-state index contributed by atoms with van der Waals surface area (Å²) in [6, 6.07) is 15.2. The molecule has 21 heavy (non-hydrogen) atoms. The highest BCUT2D eigenvalue weighted by Gasteiger charge is 2.20. The van der Waals surface area contributed by atoms with E-state index in [4.69, 9.17) is 0 Å². The summed E-state index contributed by atoms with van der Waals surface area (Å²) in [5.74, 6) is 0. The van der Waals surface area contributed by atoms with Gasteiger partial charge in [0.1, 0.15) is 0 Å². The molecule has 1 aromatic carbocycles. The molecule has 0 saturated heterocycles. The maximum absolute atomic E-state index is 4.55. The van der Waals surface area contributed by atoms with Gasteiger partial charge in [0.05, 0.1) is 17.4 Å². The van der Waals surface area contributed by atoms with Crippen LogP contribution in [0.4, 0.5) is 5.69 Å². The highest BCUT2D eigenvalue weighted by molar-refractivity contribution is 5.49. The maximum atomic E-state index is 4.55. The van der Waals surface area contributed by atoms with Crippen molar-refractivity contribution in [3.63, 3.8) is 0 Å². The molecule has 0 saturated carbocycles. The average Bonchev–Trinajstić information content (AvgIpc) is 2.40. The van der Waals surface area contributed by atoms with Crippen LogP contribution in [0.15, 0.2) is 42.5 Å². The van der Waals surface area contributed by atoms with Crippen molar-refractivity contribution in [2.75, 3.05) is 5.32 Å². The summed E-state index contributed by atoms with van der Waals surface area (Å²) < 4.78 is 0. The van der Waals surface area contributed by atoms with E-state index in [0.717, 1.165) is 23.5 Å². The summed E-state index contributed by atoms with van der Waals surface area (Å²) in [5.41, 5.74) is 4.83. The fourth-order valence-electron chi connectivity index (χ4n) is 2.58. The second-order valence-corrected chi connectivity index (χ2v) is 6.96. The van der Waals surface area contributed by atoms with Crippen LogP contribution in [0.2, 0.25) is 0 Å². The Balaban J connectivity index is 2.28. The minimum absolute atomic E-state index is 0.263. The molecule has 2 rings (SSSR count). The molecule has 0 aliphatic carbocycles. The quantitative estimate of drug-likeness (QED) is 0.824.